The summed E-state index contributed by atoms with van der Waals surface area (Å²) in [6.07, 6.45) is 19.8. The molecule has 7 atom stereocenters. The van der Waals surface area contributed by atoms with Crippen molar-refractivity contribution in [3.05, 3.63) is 11.6 Å². The van der Waals surface area contributed by atoms with Crippen LogP contribution in [-0.4, -0.2) is 11.2 Å². The van der Waals surface area contributed by atoms with Gasteiger partial charge in [0, 0.05) is 0 Å². The van der Waals surface area contributed by atoms with Crippen LogP contribution in [0.15, 0.2) is 11.6 Å². The summed E-state index contributed by atoms with van der Waals surface area (Å²) in [4.78, 5) is 0. The Morgan fingerprint density at radius 3 is 2.62 bits per heavy atom. The number of unbranched alkanes of at least 4 members (excludes halogenated alkanes) is 1. The number of allylic oxidation sites excluding steroid dienone is 1. The van der Waals surface area contributed by atoms with Crippen molar-refractivity contribution in [2.24, 2.45) is 40.9 Å². The van der Waals surface area contributed by atoms with Gasteiger partial charge in [0.1, 0.15) is 0 Å². The van der Waals surface area contributed by atoms with Crippen molar-refractivity contribution < 1.29 is 5.11 Å². The Kier molecular flexibility index (Phi) is 8.33. The molecule has 3 aliphatic carbocycles. The summed E-state index contributed by atoms with van der Waals surface area (Å²) in [5.41, 5.74) is 1.99. The molecule has 0 aliphatic heterocycles. The van der Waals surface area contributed by atoms with E-state index in [1.807, 2.05) is 0 Å². The molecule has 2 fully saturated rings. The van der Waals surface area contributed by atoms with Crippen LogP contribution in [0.25, 0.3) is 0 Å². The predicted molar refractivity (Wildman–Crippen MR) is 126 cm³/mol. The fourth-order valence-electron chi connectivity index (χ4n) is 7.39. The van der Waals surface area contributed by atoms with Gasteiger partial charge in [0.2, 0.25) is 0 Å². The van der Waals surface area contributed by atoms with E-state index in [0.717, 1.165) is 48.3 Å². The maximum absolute atomic E-state index is 10.3. The van der Waals surface area contributed by atoms with E-state index in [1.165, 1.54) is 70.6 Å². The van der Waals surface area contributed by atoms with E-state index < -0.39 is 0 Å². The van der Waals surface area contributed by atoms with Crippen molar-refractivity contribution in [3.63, 3.8) is 0 Å². The lowest BCUT2D eigenvalue weighted by atomic mass is 9.53. The van der Waals surface area contributed by atoms with Gasteiger partial charge < -0.3 is 5.11 Å². The zero-order chi connectivity index (χ0) is 21.0. The van der Waals surface area contributed by atoms with E-state index in [4.69, 9.17) is 0 Å². The highest BCUT2D eigenvalue weighted by Gasteiger charge is 2.49. The first kappa shape index (κ1) is 23.4. The molecule has 3 aliphatic rings. The van der Waals surface area contributed by atoms with Gasteiger partial charge in [-0.25, -0.2) is 0 Å². The second-order valence-electron chi connectivity index (χ2n) is 11.8. The van der Waals surface area contributed by atoms with Crippen LogP contribution in [0.1, 0.15) is 118 Å². The first-order valence-electron chi connectivity index (χ1n) is 13.2. The minimum absolute atomic E-state index is 0.0831. The average molecular weight is 403 g/mol. The molecule has 2 saturated carbocycles. The molecule has 0 aromatic rings. The number of hydrogen-bond acceptors (Lipinski definition) is 1. The smallest absolute Gasteiger partial charge is 0.0577 e. The lowest BCUT2D eigenvalue weighted by molar-refractivity contribution is 0.0277. The van der Waals surface area contributed by atoms with Gasteiger partial charge in [-0.05, 0) is 92.3 Å². The minimum Gasteiger partial charge on any atom is -0.393 e. The van der Waals surface area contributed by atoms with Crippen LogP contribution >= 0.6 is 0 Å². The maximum Gasteiger partial charge on any atom is 0.0577 e. The molecule has 1 nitrogen and oxygen atoms in total. The Balaban J connectivity index is 1.65. The van der Waals surface area contributed by atoms with Crippen molar-refractivity contribution in [3.8, 4) is 0 Å². The van der Waals surface area contributed by atoms with E-state index >= 15 is 0 Å². The van der Waals surface area contributed by atoms with Gasteiger partial charge in [0.05, 0.1) is 6.10 Å². The Morgan fingerprint density at radius 2 is 1.90 bits per heavy atom. The van der Waals surface area contributed by atoms with E-state index in [0.29, 0.717) is 5.41 Å². The molecule has 0 saturated heterocycles. The molecule has 0 amide bonds. The molecular formula is C28H50O. The highest BCUT2D eigenvalue weighted by atomic mass is 16.3. The second-order valence-corrected chi connectivity index (χ2v) is 11.8. The van der Waals surface area contributed by atoms with E-state index in [-0.39, 0.29) is 6.10 Å². The standard InChI is InChI=1S/C28H50O/c1-6-7-11-27-26(15-14-24-19-25(29)16-17-28(24,27)5)23-13-12-22(18-23)21(4)10-8-9-20(2)3/h14,20-23,25-27,29H,6-13,15-19H2,1-5H3/t21?,22?,23?,25-,26?,27?,28?/m0/s1. The Morgan fingerprint density at radius 1 is 1.10 bits per heavy atom. The first-order valence-corrected chi connectivity index (χ1v) is 13.2. The van der Waals surface area contributed by atoms with Gasteiger partial charge >= 0.3 is 0 Å². The predicted octanol–water partition coefficient (Wildman–Crippen LogP) is 8.17. The summed E-state index contributed by atoms with van der Waals surface area (Å²) in [5, 5.41) is 10.3. The van der Waals surface area contributed by atoms with E-state index in [9.17, 15) is 5.11 Å². The van der Waals surface area contributed by atoms with Crippen molar-refractivity contribution >= 4 is 0 Å². The molecule has 0 aromatic carbocycles. The average Bonchev–Trinajstić information content (AvgIpc) is 3.16. The summed E-state index contributed by atoms with van der Waals surface area (Å²) in [6.45, 7) is 12.2. The molecule has 168 valence electrons. The van der Waals surface area contributed by atoms with Gasteiger partial charge in [-0.1, -0.05) is 78.4 Å². The molecule has 1 N–H and O–H groups in total. The highest BCUT2D eigenvalue weighted by molar-refractivity contribution is 5.23. The number of rotatable bonds is 9. The fraction of sp³-hybridized carbons (Fsp3) is 0.929. The monoisotopic (exact) mass is 402 g/mol. The molecule has 0 bridgehead atoms. The molecule has 6 unspecified atom stereocenters. The van der Waals surface area contributed by atoms with Crippen LogP contribution in [0, 0.1) is 40.9 Å². The normalized spacial score (nSPS) is 38.7. The lowest BCUT2D eigenvalue weighted by Gasteiger charge is -2.52. The molecule has 29 heavy (non-hydrogen) atoms. The van der Waals surface area contributed by atoms with E-state index in [1.54, 1.807) is 5.57 Å². The SMILES string of the molecule is CCCCC1C(C2CCC(C(C)CCCC(C)C)C2)CC=C2C[C@@H](O)CCC21C. The number of hydrogen-bond donors (Lipinski definition) is 1. The fourth-order valence-corrected chi connectivity index (χ4v) is 7.39. The number of aliphatic hydroxyl groups is 1. The Labute approximate surface area is 182 Å². The third kappa shape index (κ3) is 5.50. The molecule has 1 heteroatoms. The molecule has 0 aromatic heterocycles. The zero-order valence-corrected chi connectivity index (χ0v) is 20.3. The van der Waals surface area contributed by atoms with Gasteiger partial charge in [-0.2, -0.15) is 0 Å². The molecule has 0 heterocycles. The summed E-state index contributed by atoms with van der Waals surface area (Å²) in [5.74, 6) is 5.47. The topological polar surface area (TPSA) is 20.2 Å². The van der Waals surface area contributed by atoms with Crippen molar-refractivity contribution in [2.75, 3.05) is 0 Å². The van der Waals surface area contributed by atoms with Crippen molar-refractivity contribution in [1.29, 1.82) is 0 Å². The highest BCUT2D eigenvalue weighted by Crippen LogP contribution is 2.58. The second kappa shape index (κ2) is 10.3. The van der Waals surface area contributed by atoms with Crippen LogP contribution in [0.4, 0.5) is 0 Å². The third-order valence-electron chi connectivity index (χ3n) is 9.39. The van der Waals surface area contributed by atoms with Crippen LogP contribution in [0.5, 0.6) is 0 Å². The number of aliphatic hydroxyl groups excluding tert-OH is 1. The lowest BCUT2D eigenvalue weighted by Crippen LogP contribution is -2.44. The third-order valence-corrected chi connectivity index (χ3v) is 9.39. The van der Waals surface area contributed by atoms with Crippen LogP contribution in [-0.2, 0) is 0 Å². The van der Waals surface area contributed by atoms with Crippen molar-refractivity contribution in [1.82, 2.24) is 0 Å². The maximum atomic E-state index is 10.3. The molecule has 0 spiro atoms. The van der Waals surface area contributed by atoms with Crippen LogP contribution in [0.3, 0.4) is 0 Å². The summed E-state index contributed by atoms with van der Waals surface area (Å²) < 4.78 is 0. The van der Waals surface area contributed by atoms with E-state index in [2.05, 4.69) is 40.7 Å². The largest absolute Gasteiger partial charge is 0.393 e. The summed E-state index contributed by atoms with van der Waals surface area (Å²) in [6, 6.07) is 0. The Bertz CT molecular complexity index is 534. The Hall–Kier alpha value is -0.300. The van der Waals surface area contributed by atoms with Gasteiger partial charge in [-0.3, -0.25) is 0 Å². The van der Waals surface area contributed by atoms with Gasteiger partial charge in [-0.15, -0.1) is 0 Å². The first-order chi connectivity index (χ1) is 13.8. The quantitative estimate of drug-likeness (QED) is 0.385. The van der Waals surface area contributed by atoms with Gasteiger partial charge in [0.25, 0.3) is 0 Å². The molecule has 0 radical (unpaired) electrons. The number of fused-ring (bicyclic) bond motifs is 1. The van der Waals surface area contributed by atoms with Gasteiger partial charge in [0.15, 0.2) is 0 Å². The van der Waals surface area contributed by atoms with Crippen LogP contribution < -0.4 is 0 Å². The van der Waals surface area contributed by atoms with Crippen molar-refractivity contribution in [2.45, 2.75) is 124 Å². The summed E-state index contributed by atoms with van der Waals surface area (Å²) >= 11 is 0. The van der Waals surface area contributed by atoms with Crippen LogP contribution in [0.2, 0.25) is 0 Å². The molecular weight excluding hydrogens is 352 g/mol. The minimum atomic E-state index is -0.0831. The summed E-state index contributed by atoms with van der Waals surface area (Å²) in [7, 11) is 0. The molecule has 3 rings (SSSR count). The zero-order valence-electron chi connectivity index (χ0n) is 20.3.